The summed E-state index contributed by atoms with van der Waals surface area (Å²) < 4.78 is 10.3. The van der Waals surface area contributed by atoms with Crippen LogP contribution in [0.15, 0.2) is 0 Å². The summed E-state index contributed by atoms with van der Waals surface area (Å²) in [5.41, 5.74) is 6.41. The van der Waals surface area contributed by atoms with Crippen molar-refractivity contribution in [3.8, 4) is 0 Å². The normalized spacial score (nSPS) is 17.7. The van der Waals surface area contributed by atoms with Gasteiger partial charge in [0, 0.05) is 19.6 Å². The monoisotopic (exact) mass is 312 g/mol. The topological polar surface area (TPSA) is 90.6 Å². The van der Waals surface area contributed by atoms with Crippen molar-refractivity contribution in [3.05, 3.63) is 10.4 Å². The van der Waals surface area contributed by atoms with Gasteiger partial charge in [-0.3, -0.25) is 4.79 Å². The molecular formula is C14H20N2O4S. The Morgan fingerprint density at radius 3 is 2.86 bits per heavy atom. The molecule has 1 saturated heterocycles. The quantitative estimate of drug-likeness (QED) is 0.619. The van der Waals surface area contributed by atoms with Crippen LogP contribution in [-0.4, -0.2) is 38.1 Å². The molecule has 1 atom stereocenters. The fourth-order valence-electron chi connectivity index (χ4n) is 2.25. The van der Waals surface area contributed by atoms with Gasteiger partial charge in [-0.25, -0.2) is 4.79 Å². The highest BCUT2D eigenvalue weighted by Gasteiger charge is 2.26. The Morgan fingerprint density at radius 2 is 2.29 bits per heavy atom. The molecule has 1 aliphatic heterocycles. The Balaban J connectivity index is 2.24. The van der Waals surface area contributed by atoms with Gasteiger partial charge in [-0.15, -0.1) is 11.3 Å². The van der Waals surface area contributed by atoms with Gasteiger partial charge in [0.25, 0.3) is 0 Å². The Kier molecular flexibility index (Phi) is 5.19. The van der Waals surface area contributed by atoms with Crippen LogP contribution in [0.4, 0.5) is 10.7 Å². The molecule has 2 heterocycles. The largest absolute Gasteiger partial charge is 0.465 e. The minimum absolute atomic E-state index is 0.0761. The minimum Gasteiger partial charge on any atom is -0.465 e. The average Bonchev–Trinajstić information content (AvgIpc) is 3.11. The first-order valence-electron chi connectivity index (χ1n) is 6.97. The van der Waals surface area contributed by atoms with Crippen LogP contribution in [-0.2, 0) is 9.47 Å². The number of Topliss-reactive ketones (excluding diaryl/α,β-unsaturated/α-hetero) is 1. The highest BCUT2D eigenvalue weighted by molar-refractivity contribution is 7.19. The molecular weight excluding hydrogens is 292 g/mol. The number of ketones is 1. The average molecular weight is 312 g/mol. The fourth-order valence-corrected chi connectivity index (χ4v) is 3.38. The Bertz CT molecular complexity index is 535. The molecule has 7 heteroatoms. The number of carbonyl (C=O) groups is 2. The predicted molar refractivity (Wildman–Crippen MR) is 82.2 cm³/mol. The minimum atomic E-state index is -0.534. The van der Waals surface area contributed by atoms with Crippen molar-refractivity contribution < 1.29 is 19.1 Å². The third kappa shape index (κ3) is 3.36. The molecule has 1 aromatic rings. The van der Waals surface area contributed by atoms with Crippen molar-refractivity contribution in [3.63, 3.8) is 0 Å². The van der Waals surface area contributed by atoms with E-state index in [2.05, 4.69) is 5.32 Å². The standard InChI is InChI=1S/C14H20N2O4S/c1-3-9(17)12-11(15)10(14(18)19-2)13(21-12)16-7-8-5-4-6-20-8/h8,16H,3-7,15H2,1-2H3. The Morgan fingerprint density at radius 1 is 1.52 bits per heavy atom. The number of methoxy groups -OCH3 is 1. The lowest BCUT2D eigenvalue weighted by atomic mass is 10.1. The lowest BCUT2D eigenvalue weighted by Gasteiger charge is -2.11. The van der Waals surface area contributed by atoms with Crippen molar-refractivity contribution in [2.75, 3.05) is 31.3 Å². The summed E-state index contributed by atoms with van der Waals surface area (Å²) in [6.45, 7) is 3.12. The molecule has 1 fully saturated rings. The molecule has 1 aromatic heterocycles. The zero-order valence-electron chi connectivity index (χ0n) is 12.2. The number of rotatable bonds is 6. The first kappa shape index (κ1) is 15.8. The van der Waals surface area contributed by atoms with Crippen LogP contribution < -0.4 is 11.1 Å². The predicted octanol–water partition coefficient (Wildman–Crippen LogP) is 2.30. The number of esters is 1. The molecule has 0 amide bonds. The summed E-state index contributed by atoms with van der Waals surface area (Å²) in [7, 11) is 1.30. The first-order chi connectivity index (χ1) is 10.1. The maximum absolute atomic E-state index is 11.9. The Labute approximate surface area is 127 Å². The van der Waals surface area contributed by atoms with Crippen molar-refractivity contribution in [2.24, 2.45) is 0 Å². The number of thiophene rings is 1. The molecule has 0 radical (unpaired) electrons. The molecule has 3 N–H and O–H groups in total. The van der Waals surface area contributed by atoms with E-state index in [1.165, 1.54) is 18.4 Å². The molecule has 21 heavy (non-hydrogen) atoms. The van der Waals surface area contributed by atoms with E-state index in [1.54, 1.807) is 6.92 Å². The van der Waals surface area contributed by atoms with E-state index in [1.807, 2.05) is 0 Å². The smallest absolute Gasteiger partial charge is 0.343 e. The highest BCUT2D eigenvalue weighted by atomic mass is 32.1. The number of nitrogen functional groups attached to an aromatic ring is 1. The third-order valence-electron chi connectivity index (χ3n) is 3.42. The van der Waals surface area contributed by atoms with E-state index < -0.39 is 5.97 Å². The van der Waals surface area contributed by atoms with Crippen molar-refractivity contribution in [1.82, 2.24) is 0 Å². The number of hydrogen-bond acceptors (Lipinski definition) is 7. The van der Waals surface area contributed by atoms with Gasteiger partial charge in [0.15, 0.2) is 5.78 Å². The zero-order valence-corrected chi connectivity index (χ0v) is 13.0. The molecule has 0 aliphatic carbocycles. The first-order valence-corrected chi connectivity index (χ1v) is 7.79. The van der Waals surface area contributed by atoms with Gasteiger partial charge in [0.2, 0.25) is 0 Å². The zero-order chi connectivity index (χ0) is 15.4. The molecule has 0 spiro atoms. The molecule has 0 bridgehead atoms. The molecule has 0 saturated carbocycles. The van der Waals surface area contributed by atoms with Gasteiger partial charge in [-0.05, 0) is 12.8 Å². The summed E-state index contributed by atoms with van der Waals surface area (Å²) in [6, 6.07) is 0. The van der Waals surface area contributed by atoms with Crippen LogP contribution in [0.1, 0.15) is 46.2 Å². The SMILES string of the molecule is CCC(=O)c1sc(NCC2CCCO2)c(C(=O)OC)c1N. The summed E-state index contributed by atoms with van der Waals surface area (Å²) >= 11 is 1.20. The van der Waals surface area contributed by atoms with E-state index in [9.17, 15) is 9.59 Å². The van der Waals surface area contributed by atoms with Crippen LogP contribution in [0.5, 0.6) is 0 Å². The maximum Gasteiger partial charge on any atom is 0.343 e. The second kappa shape index (κ2) is 6.91. The number of carbonyl (C=O) groups excluding carboxylic acids is 2. The van der Waals surface area contributed by atoms with Gasteiger partial charge < -0.3 is 20.5 Å². The van der Waals surface area contributed by atoms with Crippen LogP contribution in [0.3, 0.4) is 0 Å². The lowest BCUT2D eigenvalue weighted by molar-refractivity contribution is 0.0603. The number of nitrogens with one attached hydrogen (secondary N) is 1. The van der Waals surface area contributed by atoms with Crippen LogP contribution in [0.2, 0.25) is 0 Å². The summed E-state index contributed by atoms with van der Waals surface area (Å²) in [6.07, 6.45) is 2.50. The van der Waals surface area contributed by atoms with E-state index >= 15 is 0 Å². The fraction of sp³-hybridized carbons (Fsp3) is 0.571. The van der Waals surface area contributed by atoms with Crippen LogP contribution in [0, 0.1) is 0 Å². The second-order valence-electron chi connectivity index (χ2n) is 4.83. The van der Waals surface area contributed by atoms with Gasteiger partial charge in [-0.1, -0.05) is 6.92 Å². The summed E-state index contributed by atoms with van der Waals surface area (Å²) in [4.78, 5) is 24.2. The molecule has 6 nitrogen and oxygen atoms in total. The summed E-state index contributed by atoms with van der Waals surface area (Å²) in [5.74, 6) is -0.610. The van der Waals surface area contributed by atoms with Crippen LogP contribution in [0.25, 0.3) is 0 Å². The van der Waals surface area contributed by atoms with Gasteiger partial charge in [0.1, 0.15) is 10.6 Å². The van der Waals surface area contributed by atoms with Crippen molar-refractivity contribution in [2.45, 2.75) is 32.3 Å². The number of hydrogen-bond donors (Lipinski definition) is 2. The van der Waals surface area contributed by atoms with Crippen molar-refractivity contribution >= 4 is 33.8 Å². The van der Waals surface area contributed by atoms with E-state index in [-0.39, 0.29) is 23.1 Å². The molecule has 2 rings (SSSR count). The van der Waals surface area contributed by atoms with Gasteiger partial charge in [-0.2, -0.15) is 0 Å². The number of anilines is 2. The third-order valence-corrected chi connectivity index (χ3v) is 4.63. The van der Waals surface area contributed by atoms with E-state index in [0.717, 1.165) is 19.4 Å². The number of nitrogens with two attached hydrogens (primary N) is 1. The maximum atomic E-state index is 11.9. The summed E-state index contributed by atoms with van der Waals surface area (Å²) in [5, 5.41) is 3.75. The lowest BCUT2D eigenvalue weighted by Crippen LogP contribution is -2.19. The van der Waals surface area contributed by atoms with Gasteiger partial charge >= 0.3 is 5.97 Å². The molecule has 1 unspecified atom stereocenters. The highest BCUT2D eigenvalue weighted by Crippen LogP contribution is 2.37. The van der Waals surface area contributed by atoms with Crippen molar-refractivity contribution in [1.29, 1.82) is 0 Å². The Hall–Kier alpha value is -1.60. The second-order valence-corrected chi connectivity index (χ2v) is 5.85. The molecule has 0 aromatic carbocycles. The number of ether oxygens (including phenoxy) is 2. The molecule has 116 valence electrons. The van der Waals surface area contributed by atoms with Crippen LogP contribution >= 0.6 is 11.3 Å². The molecule has 1 aliphatic rings. The van der Waals surface area contributed by atoms with Gasteiger partial charge in [0.05, 0.1) is 23.8 Å². The van der Waals surface area contributed by atoms with E-state index in [0.29, 0.717) is 22.8 Å². The van der Waals surface area contributed by atoms with E-state index in [4.69, 9.17) is 15.2 Å².